The van der Waals surface area contributed by atoms with Crippen LogP contribution in [0.1, 0.15) is 36.9 Å². The van der Waals surface area contributed by atoms with Gasteiger partial charge in [0.25, 0.3) is 0 Å². The summed E-state index contributed by atoms with van der Waals surface area (Å²) >= 11 is 0. The van der Waals surface area contributed by atoms with E-state index in [1.807, 2.05) is 6.07 Å². The molecule has 1 aliphatic rings. The van der Waals surface area contributed by atoms with Gasteiger partial charge in [-0.25, -0.2) is 5.84 Å². The Bertz CT molecular complexity index is 456. The van der Waals surface area contributed by atoms with Crippen molar-refractivity contribution in [3.8, 4) is 0 Å². The Kier molecular flexibility index (Phi) is 4.47. The molecule has 0 aliphatic carbocycles. The van der Waals surface area contributed by atoms with Crippen LogP contribution >= 0.6 is 0 Å². The topological polar surface area (TPSA) is 74.7 Å². The number of carbonyl (C=O) groups excluding carboxylic acids is 1. The normalized spacial score (nSPS) is 18.2. The highest BCUT2D eigenvalue weighted by atomic mass is 16.3. The average molecular weight is 280 g/mol. The van der Waals surface area contributed by atoms with Crippen molar-refractivity contribution in [2.75, 3.05) is 26.2 Å². The predicted octanol–water partition coefficient (Wildman–Crippen LogP) is 0.799. The molecular formula is C14H24N4O2. The van der Waals surface area contributed by atoms with E-state index >= 15 is 0 Å². The zero-order valence-corrected chi connectivity index (χ0v) is 12.5. The molecule has 0 spiro atoms. The van der Waals surface area contributed by atoms with Crippen molar-refractivity contribution in [3.63, 3.8) is 0 Å². The number of hydrogen-bond acceptors (Lipinski definition) is 5. The van der Waals surface area contributed by atoms with Gasteiger partial charge in [-0.1, -0.05) is 0 Å². The van der Waals surface area contributed by atoms with E-state index < -0.39 is 0 Å². The number of rotatable bonds is 3. The lowest BCUT2D eigenvalue weighted by atomic mass is 10.0. The van der Waals surface area contributed by atoms with Crippen LogP contribution in [-0.4, -0.2) is 47.4 Å². The Morgan fingerprint density at radius 3 is 2.55 bits per heavy atom. The molecule has 1 fully saturated rings. The molecule has 0 bridgehead atoms. The second-order valence-electron chi connectivity index (χ2n) is 6.18. The van der Waals surface area contributed by atoms with Gasteiger partial charge >= 0.3 is 5.91 Å². The molecule has 1 amide bonds. The number of furan rings is 1. The minimum absolute atomic E-state index is 0.215. The van der Waals surface area contributed by atoms with Gasteiger partial charge in [-0.15, -0.1) is 0 Å². The van der Waals surface area contributed by atoms with Gasteiger partial charge in [0.2, 0.25) is 0 Å². The third-order valence-corrected chi connectivity index (χ3v) is 3.80. The van der Waals surface area contributed by atoms with Crippen molar-refractivity contribution in [1.82, 2.24) is 15.2 Å². The fourth-order valence-corrected chi connectivity index (χ4v) is 2.54. The van der Waals surface area contributed by atoms with Crippen LogP contribution in [0.5, 0.6) is 0 Å². The molecule has 0 aromatic carbocycles. The Morgan fingerprint density at radius 2 is 2.00 bits per heavy atom. The molecule has 2 rings (SSSR count). The van der Waals surface area contributed by atoms with Gasteiger partial charge < -0.3 is 4.42 Å². The lowest BCUT2D eigenvalue weighted by Gasteiger charge is -2.42. The van der Waals surface area contributed by atoms with Gasteiger partial charge in [0.05, 0.1) is 6.26 Å². The number of hydrogen-bond donors (Lipinski definition) is 2. The maximum absolute atomic E-state index is 11.6. The van der Waals surface area contributed by atoms with E-state index in [4.69, 9.17) is 10.3 Å². The Morgan fingerprint density at radius 1 is 1.35 bits per heavy atom. The van der Waals surface area contributed by atoms with Crippen molar-refractivity contribution in [2.24, 2.45) is 5.84 Å². The van der Waals surface area contributed by atoms with Gasteiger partial charge in [-0.2, -0.15) is 0 Å². The number of hydrazine groups is 1. The minimum Gasteiger partial charge on any atom is -0.459 e. The summed E-state index contributed by atoms with van der Waals surface area (Å²) in [6, 6.07) is 1.83. The second-order valence-corrected chi connectivity index (χ2v) is 6.18. The summed E-state index contributed by atoms with van der Waals surface area (Å²) in [4.78, 5) is 16.4. The monoisotopic (exact) mass is 280 g/mol. The number of nitrogens with one attached hydrogen (secondary N) is 1. The molecule has 1 aromatic heterocycles. The van der Waals surface area contributed by atoms with E-state index in [2.05, 4.69) is 36.0 Å². The molecule has 112 valence electrons. The van der Waals surface area contributed by atoms with Gasteiger partial charge in [0.1, 0.15) is 0 Å². The summed E-state index contributed by atoms with van der Waals surface area (Å²) in [6.07, 6.45) is 1.53. The highest BCUT2D eigenvalue weighted by molar-refractivity contribution is 5.92. The fourth-order valence-electron chi connectivity index (χ4n) is 2.54. The molecule has 1 aliphatic heterocycles. The lowest BCUT2D eigenvalue weighted by molar-refractivity contribution is 0.0587. The number of nitrogens with two attached hydrogens (primary N) is 1. The molecule has 1 saturated heterocycles. The smallest absolute Gasteiger partial charge is 0.301 e. The summed E-state index contributed by atoms with van der Waals surface area (Å²) in [7, 11) is 0. The largest absolute Gasteiger partial charge is 0.459 e. The number of nitrogens with zero attached hydrogens (tertiary/aromatic N) is 2. The zero-order valence-electron chi connectivity index (χ0n) is 12.5. The van der Waals surface area contributed by atoms with Gasteiger partial charge in [-0.05, 0) is 26.8 Å². The molecule has 0 radical (unpaired) electrons. The summed E-state index contributed by atoms with van der Waals surface area (Å²) < 4.78 is 5.21. The molecule has 1 aromatic rings. The van der Waals surface area contributed by atoms with Gasteiger partial charge in [0, 0.05) is 43.8 Å². The molecular weight excluding hydrogens is 256 g/mol. The summed E-state index contributed by atoms with van der Waals surface area (Å²) in [6.45, 7) is 11.5. The molecule has 3 N–H and O–H groups in total. The Hall–Kier alpha value is -1.37. The average Bonchev–Trinajstić information content (AvgIpc) is 2.85. The highest BCUT2D eigenvalue weighted by Gasteiger charge is 2.26. The maximum Gasteiger partial charge on any atom is 0.301 e. The van der Waals surface area contributed by atoms with Crippen LogP contribution in [0, 0.1) is 0 Å². The van der Waals surface area contributed by atoms with Gasteiger partial charge in [0.15, 0.2) is 5.76 Å². The highest BCUT2D eigenvalue weighted by Crippen LogP contribution is 2.18. The van der Waals surface area contributed by atoms with E-state index in [1.165, 1.54) is 6.26 Å². The van der Waals surface area contributed by atoms with E-state index in [9.17, 15) is 4.79 Å². The van der Waals surface area contributed by atoms with Crippen LogP contribution in [0.2, 0.25) is 0 Å². The molecule has 2 heterocycles. The number of nitrogen functional groups attached to an aromatic ring is 1. The van der Waals surface area contributed by atoms with Crippen molar-refractivity contribution in [1.29, 1.82) is 0 Å². The molecule has 20 heavy (non-hydrogen) atoms. The quantitative estimate of drug-likeness (QED) is 0.487. The van der Waals surface area contributed by atoms with Crippen LogP contribution in [0.4, 0.5) is 0 Å². The van der Waals surface area contributed by atoms with Crippen molar-refractivity contribution >= 4 is 5.91 Å². The number of amides is 1. The first kappa shape index (κ1) is 15.0. The lowest BCUT2D eigenvalue weighted by Crippen LogP contribution is -2.53. The minimum atomic E-state index is -0.377. The Balaban J connectivity index is 1.93. The molecule has 0 unspecified atom stereocenters. The van der Waals surface area contributed by atoms with E-state index in [0.29, 0.717) is 5.76 Å². The first-order valence-corrected chi connectivity index (χ1v) is 6.96. The number of carbonyl (C=O) groups is 1. The van der Waals surface area contributed by atoms with Crippen LogP contribution < -0.4 is 11.3 Å². The first-order valence-electron chi connectivity index (χ1n) is 6.96. The van der Waals surface area contributed by atoms with Crippen molar-refractivity contribution < 1.29 is 9.21 Å². The van der Waals surface area contributed by atoms with Crippen LogP contribution in [-0.2, 0) is 6.54 Å². The molecule has 0 atom stereocenters. The molecule has 0 saturated carbocycles. The van der Waals surface area contributed by atoms with Crippen LogP contribution in [0.15, 0.2) is 16.7 Å². The summed E-state index contributed by atoms with van der Waals surface area (Å²) in [5.41, 5.74) is 3.21. The molecule has 6 nitrogen and oxygen atoms in total. The maximum atomic E-state index is 11.6. The summed E-state index contributed by atoms with van der Waals surface area (Å²) in [5, 5.41) is 0. The Labute approximate surface area is 119 Å². The fraction of sp³-hybridized carbons (Fsp3) is 0.643. The van der Waals surface area contributed by atoms with Crippen LogP contribution in [0.25, 0.3) is 0 Å². The third kappa shape index (κ3) is 3.39. The number of piperazine rings is 1. The predicted molar refractivity (Wildman–Crippen MR) is 77.0 cm³/mol. The zero-order chi connectivity index (χ0) is 14.8. The standard InChI is InChI=1S/C14H24N4O2/c1-14(2,3)18-7-5-17(6-8-18)10-11-4-9-20-12(11)13(19)16-15/h4,9H,5-8,10,15H2,1-3H3,(H,16,19). The van der Waals surface area contributed by atoms with Crippen LogP contribution in [0.3, 0.4) is 0 Å². The van der Waals surface area contributed by atoms with E-state index in [-0.39, 0.29) is 11.4 Å². The van der Waals surface area contributed by atoms with Crippen molar-refractivity contribution in [2.45, 2.75) is 32.9 Å². The van der Waals surface area contributed by atoms with E-state index in [1.54, 1.807) is 0 Å². The first-order chi connectivity index (χ1) is 9.41. The van der Waals surface area contributed by atoms with Gasteiger partial charge in [-0.3, -0.25) is 20.0 Å². The SMILES string of the molecule is CC(C)(C)N1CCN(Cc2ccoc2C(=O)NN)CC1. The second kappa shape index (κ2) is 5.95. The summed E-state index contributed by atoms with van der Waals surface area (Å²) in [5.74, 6) is 5.09. The van der Waals surface area contributed by atoms with E-state index in [0.717, 1.165) is 38.3 Å². The van der Waals surface area contributed by atoms with Crippen molar-refractivity contribution in [3.05, 3.63) is 23.7 Å². The molecule has 6 heteroatoms. The third-order valence-electron chi connectivity index (χ3n) is 3.80.